The lowest BCUT2D eigenvalue weighted by molar-refractivity contribution is 0.814. The monoisotopic (exact) mass is 332 g/mol. The van der Waals surface area contributed by atoms with Gasteiger partial charge in [0.2, 0.25) is 0 Å². The van der Waals surface area contributed by atoms with Crippen molar-refractivity contribution in [2.75, 3.05) is 0 Å². The smallest absolute Gasteiger partial charge is 0.107 e. The zero-order valence-corrected chi connectivity index (χ0v) is 12.1. The molecule has 2 rings (SSSR count). The van der Waals surface area contributed by atoms with Crippen LogP contribution in [0.15, 0.2) is 30.6 Å². The molecule has 0 aliphatic carbocycles. The molecule has 1 aromatic carbocycles. The molecule has 0 aliphatic rings. The molecule has 5 heteroatoms. The van der Waals surface area contributed by atoms with Crippen LogP contribution in [0.4, 0.5) is 0 Å². The normalized spacial score (nSPS) is 12.6. The highest BCUT2D eigenvalue weighted by molar-refractivity contribution is 9.09. The molecule has 0 bridgehead atoms. The summed E-state index contributed by atoms with van der Waals surface area (Å²) in [7, 11) is 0. The minimum Gasteiger partial charge on any atom is -0.349 e. The van der Waals surface area contributed by atoms with Crippen LogP contribution in [0, 0.1) is 0 Å². The Labute approximate surface area is 118 Å². The molecule has 1 heterocycles. The standard InChI is InChI=1S/C12H11BrCl2N2/c13-9(7-12-16-3-4-17-12)5-8-1-2-10(14)11(15)6-8/h1-4,6,9H,5,7H2,(H,16,17). The van der Waals surface area contributed by atoms with Gasteiger partial charge in [-0.2, -0.15) is 0 Å². The van der Waals surface area contributed by atoms with Crippen LogP contribution in [0.1, 0.15) is 11.4 Å². The molecule has 0 saturated carbocycles. The lowest BCUT2D eigenvalue weighted by Gasteiger charge is -2.09. The average molecular weight is 334 g/mol. The number of alkyl halides is 1. The maximum absolute atomic E-state index is 5.97. The SMILES string of the molecule is Clc1ccc(CC(Br)Cc2ncc[nH]2)cc1Cl. The highest BCUT2D eigenvalue weighted by Gasteiger charge is 2.09. The van der Waals surface area contributed by atoms with Crippen LogP contribution in [0.25, 0.3) is 0 Å². The number of nitrogens with zero attached hydrogens (tertiary/aromatic N) is 1. The molecule has 1 N–H and O–H groups in total. The summed E-state index contributed by atoms with van der Waals surface area (Å²) >= 11 is 15.5. The Morgan fingerprint density at radius 1 is 1.24 bits per heavy atom. The first-order valence-corrected chi connectivity index (χ1v) is 6.88. The maximum atomic E-state index is 5.97. The van der Waals surface area contributed by atoms with Crippen LogP contribution >= 0.6 is 39.1 Å². The fourth-order valence-electron chi connectivity index (χ4n) is 1.61. The lowest BCUT2D eigenvalue weighted by atomic mass is 10.1. The Kier molecular flexibility index (Phi) is 4.48. The Morgan fingerprint density at radius 2 is 2.06 bits per heavy atom. The van der Waals surface area contributed by atoms with Crippen molar-refractivity contribution in [3.8, 4) is 0 Å². The number of aromatic amines is 1. The first-order valence-electron chi connectivity index (χ1n) is 5.21. The number of H-pyrrole nitrogens is 1. The summed E-state index contributed by atoms with van der Waals surface area (Å²) in [4.78, 5) is 7.61. The van der Waals surface area contributed by atoms with Gasteiger partial charge in [0, 0.05) is 23.6 Å². The van der Waals surface area contributed by atoms with Crippen LogP contribution in [0.5, 0.6) is 0 Å². The van der Waals surface area contributed by atoms with E-state index in [1.165, 1.54) is 0 Å². The molecular formula is C12H11BrCl2N2. The van der Waals surface area contributed by atoms with Crippen molar-refractivity contribution in [1.29, 1.82) is 0 Å². The predicted molar refractivity (Wildman–Crippen MR) is 75.2 cm³/mol. The molecule has 90 valence electrons. The number of hydrogen-bond acceptors (Lipinski definition) is 1. The van der Waals surface area contributed by atoms with Gasteiger partial charge in [0.25, 0.3) is 0 Å². The second kappa shape index (κ2) is 5.89. The van der Waals surface area contributed by atoms with Gasteiger partial charge in [-0.3, -0.25) is 0 Å². The quantitative estimate of drug-likeness (QED) is 0.832. The summed E-state index contributed by atoms with van der Waals surface area (Å²) in [5.74, 6) is 0.979. The van der Waals surface area contributed by atoms with Gasteiger partial charge >= 0.3 is 0 Å². The molecule has 1 aromatic heterocycles. The molecule has 0 spiro atoms. The molecule has 2 nitrogen and oxygen atoms in total. The third-order valence-corrected chi connectivity index (χ3v) is 3.80. The summed E-state index contributed by atoms with van der Waals surface area (Å²) in [5.41, 5.74) is 1.16. The van der Waals surface area contributed by atoms with E-state index in [1.807, 2.05) is 24.4 Å². The first-order chi connectivity index (χ1) is 8.15. The lowest BCUT2D eigenvalue weighted by Crippen LogP contribution is -2.08. The fraction of sp³-hybridized carbons (Fsp3) is 0.250. The largest absolute Gasteiger partial charge is 0.349 e. The zero-order valence-electron chi connectivity index (χ0n) is 8.96. The van der Waals surface area contributed by atoms with Gasteiger partial charge < -0.3 is 4.98 Å². The van der Waals surface area contributed by atoms with E-state index in [-0.39, 0.29) is 0 Å². The van der Waals surface area contributed by atoms with E-state index in [9.17, 15) is 0 Å². The van der Waals surface area contributed by atoms with Crippen molar-refractivity contribution < 1.29 is 0 Å². The summed E-state index contributed by atoms with van der Waals surface area (Å²) in [6.07, 6.45) is 5.33. The van der Waals surface area contributed by atoms with Crippen LogP contribution in [-0.2, 0) is 12.8 Å². The maximum Gasteiger partial charge on any atom is 0.107 e. The molecule has 2 aromatic rings. The fourth-order valence-corrected chi connectivity index (χ4v) is 2.62. The number of aromatic nitrogens is 2. The molecule has 0 aliphatic heterocycles. The van der Waals surface area contributed by atoms with E-state index >= 15 is 0 Å². The van der Waals surface area contributed by atoms with Gasteiger partial charge in [0.15, 0.2) is 0 Å². The van der Waals surface area contributed by atoms with Crippen LogP contribution in [0.2, 0.25) is 10.0 Å². The van der Waals surface area contributed by atoms with Crippen molar-refractivity contribution in [3.63, 3.8) is 0 Å². The molecule has 1 unspecified atom stereocenters. The van der Waals surface area contributed by atoms with Gasteiger partial charge in [-0.15, -0.1) is 0 Å². The Morgan fingerprint density at radius 3 is 2.71 bits per heavy atom. The molecule has 0 fully saturated rings. The topological polar surface area (TPSA) is 28.7 Å². The molecule has 0 amide bonds. The minimum atomic E-state index is 0.325. The van der Waals surface area contributed by atoms with E-state index in [4.69, 9.17) is 23.2 Å². The number of benzene rings is 1. The first kappa shape index (κ1) is 12.9. The average Bonchev–Trinajstić information content (AvgIpc) is 2.76. The molecular weight excluding hydrogens is 323 g/mol. The Balaban J connectivity index is 1.98. The summed E-state index contributed by atoms with van der Waals surface area (Å²) in [6.45, 7) is 0. The molecule has 17 heavy (non-hydrogen) atoms. The third-order valence-electron chi connectivity index (χ3n) is 2.41. The second-order valence-electron chi connectivity index (χ2n) is 3.79. The van der Waals surface area contributed by atoms with Gasteiger partial charge in [0.1, 0.15) is 5.82 Å². The molecule has 1 atom stereocenters. The highest BCUT2D eigenvalue weighted by atomic mass is 79.9. The number of imidazole rings is 1. The van der Waals surface area contributed by atoms with Crippen LogP contribution < -0.4 is 0 Å². The van der Waals surface area contributed by atoms with Crippen LogP contribution in [0.3, 0.4) is 0 Å². The Bertz CT molecular complexity index is 485. The zero-order chi connectivity index (χ0) is 12.3. The van der Waals surface area contributed by atoms with Gasteiger partial charge in [-0.1, -0.05) is 45.2 Å². The van der Waals surface area contributed by atoms with Gasteiger partial charge in [-0.25, -0.2) is 4.98 Å². The van der Waals surface area contributed by atoms with Crippen molar-refractivity contribution in [2.45, 2.75) is 17.7 Å². The van der Waals surface area contributed by atoms with E-state index in [1.54, 1.807) is 6.20 Å². The molecule has 0 saturated heterocycles. The predicted octanol–water partition coefficient (Wildman–Crippen LogP) is 4.27. The van der Waals surface area contributed by atoms with Gasteiger partial charge in [-0.05, 0) is 24.1 Å². The number of nitrogens with one attached hydrogen (secondary N) is 1. The van der Waals surface area contributed by atoms with Crippen LogP contribution in [-0.4, -0.2) is 14.8 Å². The Hall–Kier alpha value is -0.510. The van der Waals surface area contributed by atoms with E-state index in [0.717, 1.165) is 24.2 Å². The van der Waals surface area contributed by atoms with E-state index < -0.39 is 0 Å². The number of hydrogen-bond donors (Lipinski definition) is 1. The number of halogens is 3. The second-order valence-corrected chi connectivity index (χ2v) is 5.90. The number of rotatable bonds is 4. The van der Waals surface area contributed by atoms with Crippen molar-refractivity contribution in [1.82, 2.24) is 9.97 Å². The van der Waals surface area contributed by atoms with Crippen molar-refractivity contribution in [3.05, 3.63) is 52.0 Å². The van der Waals surface area contributed by atoms with E-state index in [0.29, 0.717) is 14.9 Å². The molecule has 0 radical (unpaired) electrons. The van der Waals surface area contributed by atoms with Crippen molar-refractivity contribution in [2.24, 2.45) is 0 Å². The summed E-state index contributed by atoms with van der Waals surface area (Å²) in [6, 6.07) is 5.72. The highest BCUT2D eigenvalue weighted by Crippen LogP contribution is 2.24. The minimum absolute atomic E-state index is 0.325. The summed E-state index contributed by atoms with van der Waals surface area (Å²) < 4.78 is 0. The van der Waals surface area contributed by atoms with E-state index in [2.05, 4.69) is 25.9 Å². The third kappa shape index (κ3) is 3.73. The van der Waals surface area contributed by atoms with Crippen molar-refractivity contribution >= 4 is 39.1 Å². The summed E-state index contributed by atoms with van der Waals surface area (Å²) in [5, 5.41) is 1.19. The van der Waals surface area contributed by atoms with Gasteiger partial charge in [0.05, 0.1) is 10.0 Å².